The molecule has 1 aliphatic heterocycles. The lowest BCUT2D eigenvalue weighted by atomic mass is 10.3. The van der Waals surface area contributed by atoms with Crippen molar-refractivity contribution < 1.29 is 9.53 Å². The number of ether oxygens (including phenoxy) is 1. The van der Waals surface area contributed by atoms with Gasteiger partial charge in [-0.2, -0.15) is 0 Å². The van der Waals surface area contributed by atoms with Gasteiger partial charge in [-0.25, -0.2) is 4.79 Å². The van der Waals surface area contributed by atoms with E-state index in [0.717, 1.165) is 13.0 Å². The van der Waals surface area contributed by atoms with Gasteiger partial charge in [0.25, 0.3) is 0 Å². The van der Waals surface area contributed by atoms with Crippen molar-refractivity contribution in [3.8, 4) is 0 Å². The molecule has 0 bridgehead atoms. The van der Waals surface area contributed by atoms with Crippen LogP contribution < -0.4 is 0 Å². The average molecular weight is 307 g/mol. The maximum absolute atomic E-state index is 11.5. The summed E-state index contributed by atoms with van der Waals surface area (Å²) < 4.78 is 6.54. The second-order valence-electron chi connectivity index (χ2n) is 3.87. The summed E-state index contributed by atoms with van der Waals surface area (Å²) in [5.74, 6) is 0.652. The third kappa shape index (κ3) is 2.87. The average Bonchev–Trinajstić information content (AvgIpc) is 2.99. The first-order valence-corrected chi connectivity index (χ1v) is 6.10. The number of hydrogen-bond donors (Lipinski definition) is 0. The molecule has 1 heterocycles. The Hall–Kier alpha value is -0.260. The van der Waals surface area contributed by atoms with Gasteiger partial charge >= 0.3 is 6.09 Å². The first-order chi connectivity index (χ1) is 6.75. The molecule has 0 atom stereocenters. The summed E-state index contributed by atoms with van der Waals surface area (Å²) in [7, 11) is 0. The largest absolute Gasteiger partial charge is 0.449 e. The van der Waals surface area contributed by atoms with E-state index in [1.54, 1.807) is 4.90 Å². The first kappa shape index (κ1) is 10.3. The van der Waals surface area contributed by atoms with Crippen LogP contribution in [0.1, 0.15) is 19.3 Å². The Morgan fingerprint density at radius 1 is 1.64 bits per heavy atom. The molecule has 14 heavy (non-hydrogen) atoms. The molecule has 0 aromatic carbocycles. The van der Waals surface area contributed by atoms with Gasteiger partial charge < -0.3 is 9.64 Å². The van der Waals surface area contributed by atoms with Gasteiger partial charge in [0, 0.05) is 13.1 Å². The first-order valence-electron chi connectivity index (χ1n) is 5.02. The Bertz CT molecular complexity index is 261. The summed E-state index contributed by atoms with van der Waals surface area (Å²) >= 11 is 2.31. The van der Waals surface area contributed by atoms with Crippen LogP contribution in [0.25, 0.3) is 0 Å². The number of carbonyl (C=O) groups is 1. The molecule has 4 heteroatoms. The zero-order valence-electron chi connectivity index (χ0n) is 8.04. The van der Waals surface area contributed by atoms with Crippen molar-refractivity contribution in [1.82, 2.24) is 4.90 Å². The second kappa shape index (κ2) is 4.51. The fourth-order valence-corrected chi connectivity index (χ4v) is 1.81. The Kier molecular flexibility index (Phi) is 3.30. The van der Waals surface area contributed by atoms with E-state index in [-0.39, 0.29) is 6.09 Å². The number of hydrogen-bond acceptors (Lipinski definition) is 2. The van der Waals surface area contributed by atoms with Crippen LogP contribution in [0.4, 0.5) is 4.79 Å². The summed E-state index contributed by atoms with van der Waals surface area (Å²) in [4.78, 5) is 13.3. The second-order valence-corrected chi connectivity index (χ2v) is 5.25. The van der Waals surface area contributed by atoms with Crippen LogP contribution in [-0.4, -0.2) is 30.7 Å². The summed E-state index contributed by atoms with van der Waals surface area (Å²) in [6.07, 6.45) is 5.37. The molecule has 1 fully saturated rings. The molecule has 0 spiro atoms. The highest BCUT2D eigenvalue weighted by Crippen LogP contribution is 2.29. The zero-order valence-corrected chi connectivity index (χ0v) is 10.2. The molecule has 1 saturated carbocycles. The van der Waals surface area contributed by atoms with Gasteiger partial charge in [0.15, 0.2) is 0 Å². The summed E-state index contributed by atoms with van der Waals surface area (Å²) in [5.41, 5.74) is 0. The summed E-state index contributed by atoms with van der Waals surface area (Å²) in [5, 5.41) is 0. The predicted octanol–water partition coefficient (Wildman–Crippen LogP) is 2.56. The molecular formula is C10H14INO2. The molecule has 2 rings (SSSR count). The third-order valence-corrected chi connectivity index (χ3v) is 3.53. The molecule has 1 aliphatic carbocycles. The van der Waals surface area contributed by atoms with E-state index >= 15 is 0 Å². The van der Waals surface area contributed by atoms with E-state index in [0.29, 0.717) is 19.1 Å². The van der Waals surface area contributed by atoms with E-state index in [4.69, 9.17) is 4.74 Å². The van der Waals surface area contributed by atoms with E-state index in [9.17, 15) is 4.79 Å². The van der Waals surface area contributed by atoms with Crippen LogP contribution in [0.2, 0.25) is 0 Å². The quantitative estimate of drug-likeness (QED) is 0.734. The molecule has 0 saturated heterocycles. The van der Waals surface area contributed by atoms with Crippen LogP contribution in [0.15, 0.2) is 9.66 Å². The lowest BCUT2D eigenvalue weighted by Gasteiger charge is -2.24. The van der Waals surface area contributed by atoms with Crippen LogP contribution in [0.3, 0.4) is 0 Å². The van der Waals surface area contributed by atoms with E-state index in [1.807, 2.05) is 0 Å². The molecule has 1 amide bonds. The molecule has 0 radical (unpaired) electrons. The Morgan fingerprint density at radius 2 is 2.43 bits per heavy atom. The maximum atomic E-state index is 11.5. The topological polar surface area (TPSA) is 29.5 Å². The van der Waals surface area contributed by atoms with Crippen molar-refractivity contribution in [3.05, 3.63) is 9.66 Å². The van der Waals surface area contributed by atoms with Gasteiger partial charge in [-0.1, -0.05) is 6.08 Å². The van der Waals surface area contributed by atoms with Gasteiger partial charge in [-0.05, 0) is 51.4 Å². The molecule has 0 aromatic rings. The van der Waals surface area contributed by atoms with Gasteiger partial charge in [-0.15, -0.1) is 0 Å². The minimum Gasteiger partial charge on any atom is -0.449 e. The van der Waals surface area contributed by atoms with Crippen LogP contribution in [0.5, 0.6) is 0 Å². The zero-order chi connectivity index (χ0) is 9.97. The van der Waals surface area contributed by atoms with Crippen molar-refractivity contribution >= 4 is 28.7 Å². The minimum absolute atomic E-state index is 0.142. The summed E-state index contributed by atoms with van der Waals surface area (Å²) in [6, 6.07) is 0. The Morgan fingerprint density at radius 3 is 3.00 bits per heavy atom. The fraction of sp³-hybridized carbons (Fsp3) is 0.700. The van der Waals surface area contributed by atoms with Crippen molar-refractivity contribution in [2.75, 3.05) is 19.7 Å². The normalized spacial score (nSPS) is 21.8. The van der Waals surface area contributed by atoms with Crippen LogP contribution in [0, 0.1) is 5.92 Å². The third-order valence-electron chi connectivity index (χ3n) is 2.55. The van der Waals surface area contributed by atoms with E-state index in [1.165, 1.54) is 16.4 Å². The minimum atomic E-state index is -0.142. The molecule has 78 valence electrons. The van der Waals surface area contributed by atoms with E-state index in [2.05, 4.69) is 28.7 Å². The standard InChI is InChI=1S/C10H14INO2/c11-9-3-5-12(6-4-9)10(13)14-7-8-1-2-8/h3,8H,1-2,4-7H2. The SMILES string of the molecule is O=C(OCC1CC1)N1CC=C(I)CC1. The van der Waals surface area contributed by atoms with Gasteiger partial charge in [-0.3, -0.25) is 0 Å². The van der Waals surface area contributed by atoms with Gasteiger partial charge in [0.1, 0.15) is 0 Å². The van der Waals surface area contributed by atoms with Gasteiger partial charge in [0.2, 0.25) is 0 Å². The molecule has 2 aliphatic rings. The van der Waals surface area contributed by atoms with Crippen molar-refractivity contribution in [2.24, 2.45) is 5.92 Å². The monoisotopic (exact) mass is 307 g/mol. The maximum Gasteiger partial charge on any atom is 0.410 e. The highest BCUT2D eigenvalue weighted by molar-refractivity contribution is 14.1. The predicted molar refractivity (Wildman–Crippen MR) is 62.4 cm³/mol. The number of amides is 1. The number of carbonyl (C=O) groups excluding carboxylic acids is 1. The Balaban J connectivity index is 1.74. The number of nitrogens with zero attached hydrogens (tertiary/aromatic N) is 1. The lowest BCUT2D eigenvalue weighted by molar-refractivity contribution is 0.101. The van der Waals surface area contributed by atoms with Crippen LogP contribution >= 0.6 is 22.6 Å². The van der Waals surface area contributed by atoms with Crippen molar-refractivity contribution in [2.45, 2.75) is 19.3 Å². The number of rotatable bonds is 2. The smallest absolute Gasteiger partial charge is 0.410 e. The molecule has 3 nitrogen and oxygen atoms in total. The Labute approximate surface area is 97.6 Å². The molecule has 0 aromatic heterocycles. The number of halogens is 1. The van der Waals surface area contributed by atoms with E-state index < -0.39 is 0 Å². The fourth-order valence-electron chi connectivity index (χ4n) is 1.38. The lowest BCUT2D eigenvalue weighted by Crippen LogP contribution is -2.35. The molecule has 0 unspecified atom stereocenters. The summed E-state index contributed by atoms with van der Waals surface area (Å²) in [6.45, 7) is 2.14. The van der Waals surface area contributed by atoms with Crippen molar-refractivity contribution in [3.63, 3.8) is 0 Å². The highest BCUT2D eigenvalue weighted by Gasteiger charge is 2.25. The highest BCUT2D eigenvalue weighted by atomic mass is 127. The molecule has 0 N–H and O–H groups in total. The molecular weight excluding hydrogens is 293 g/mol. The van der Waals surface area contributed by atoms with Crippen molar-refractivity contribution in [1.29, 1.82) is 0 Å². The van der Waals surface area contributed by atoms with Gasteiger partial charge in [0.05, 0.1) is 6.61 Å². The van der Waals surface area contributed by atoms with Crippen LogP contribution in [-0.2, 0) is 4.74 Å².